The first kappa shape index (κ1) is 15.5. The van der Waals surface area contributed by atoms with Crippen LogP contribution in [0.4, 0.5) is 15.3 Å². The Morgan fingerprint density at radius 1 is 1.52 bits per heavy atom. The van der Waals surface area contributed by atoms with Crippen LogP contribution in [-0.2, 0) is 15.0 Å². The van der Waals surface area contributed by atoms with E-state index in [4.69, 9.17) is 22.6 Å². The molecule has 1 heterocycles. The summed E-state index contributed by atoms with van der Waals surface area (Å²) in [5, 5.41) is 9.15. The number of benzene rings is 1. The highest BCUT2D eigenvalue weighted by Crippen LogP contribution is 2.35. The molecule has 1 saturated heterocycles. The van der Waals surface area contributed by atoms with Crippen molar-refractivity contribution in [2.75, 3.05) is 22.9 Å². The van der Waals surface area contributed by atoms with Gasteiger partial charge >= 0.3 is 10.2 Å². The lowest BCUT2D eigenvalue weighted by atomic mass is 10.1. The molecule has 9 heteroatoms. The fraction of sp³-hybridized carbons (Fsp3) is 0.333. The van der Waals surface area contributed by atoms with Crippen molar-refractivity contribution in [1.29, 1.82) is 5.26 Å². The first-order valence-electron chi connectivity index (χ1n) is 5.93. The van der Waals surface area contributed by atoms with E-state index in [1.54, 1.807) is 0 Å². The molecule has 2 N–H and O–H groups in total. The van der Waals surface area contributed by atoms with Gasteiger partial charge in [0.25, 0.3) is 0 Å². The maximum Gasteiger partial charge on any atom is 0.302 e. The van der Waals surface area contributed by atoms with E-state index in [1.807, 2.05) is 6.07 Å². The highest BCUT2D eigenvalue weighted by atomic mass is 35.5. The van der Waals surface area contributed by atoms with Crippen LogP contribution in [0.15, 0.2) is 12.1 Å². The molecule has 112 valence electrons. The van der Waals surface area contributed by atoms with Gasteiger partial charge in [-0.2, -0.15) is 13.7 Å². The number of nitrogen functional groups attached to an aromatic ring is 1. The molecule has 1 amide bonds. The SMILES string of the molecule is N#Cc1c(Cl)ccc(N2CC(CS(=O)(=O)F)CC2=O)c1N. The molecular formula is C12H11ClFN3O3S. The Morgan fingerprint density at radius 2 is 2.19 bits per heavy atom. The summed E-state index contributed by atoms with van der Waals surface area (Å²) in [7, 11) is -4.65. The first-order valence-corrected chi connectivity index (χ1v) is 7.86. The fourth-order valence-electron chi connectivity index (χ4n) is 2.34. The summed E-state index contributed by atoms with van der Waals surface area (Å²) in [5.41, 5.74) is 6.18. The number of nitriles is 1. The molecule has 0 radical (unpaired) electrons. The number of hydrogen-bond acceptors (Lipinski definition) is 5. The quantitative estimate of drug-likeness (QED) is 0.666. The molecule has 6 nitrogen and oxygen atoms in total. The van der Waals surface area contributed by atoms with Crippen molar-refractivity contribution in [3.05, 3.63) is 22.7 Å². The molecule has 1 atom stereocenters. The van der Waals surface area contributed by atoms with Crippen LogP contribution in [0, 0.1) is 17.2 Å². The largest absolute Gasteiger partial charge is 0.396 e. The van der Waals surface area contributed by atoms with Gasteiger partial charge in [0.15, 0.2) is 0 Å². The van der Waals surface area contributed by atoms with E-state index in [0.29, 0.717) is 0 Å². The summed E-state index contributed by atoms with van der Waals surface area (Å²) < 4.78 is 34.0. The molecule has 0 aliphatic carbocycles. The van der Waals surface area contributed by atoms with Crippen LogP contribution >= 0.6 is 11.6 Å². The van der Waals surface area contributed by atoms with Gasteiger partial charge in [0.2, 0.25) is 5.91 Å². The van der Waals surface area contributed by atoms with E-state index in [0.717, 1.165) is 0 Å². The molecule has 1 aromatic rings. The number of anilines is 2. The van der Waals surface area contributed by atoms with Crippen LogP contribution < -0.4 is 10.6 Å². The normalized spacial score (nSPS) is 18.8. The van der Waals surface area contributed by atoms with Gasteiger partial charge in [-0.1, -0.05) is 11.6 Å². The molecule has 0 aromatic heterocycles. The van der Waals surface area contributed by atoms with Crippen molar-refractivity contribution in [2.45, 2.75) is 6.42 Å². The number of hydrogen-bond donors (Lipinski definition) is 1. The third-order valence-corrected chi connectivity index (χ3v) is 4.40. The number of nitrogens with two attached hydrogens (primary N) is 1. The van der Waals surface area contributed by atoms with Gasteiger partial charge in [-0.15, -0.1) is 3.89 Å². The zero-order chi connectivity index (χ0) is 15.8. The summed E-state index contributed by atoms with van der Waals surface area (Å²) >= 11 is 5.83. The average Bonchev–Trinajstić information content (AvgIpc) is 2.68. The van der Waals surface area contributed by atoms with Crippen molar-refractivity contribution in [2.24, 2.45) is 5.92 Å². The first-order chi connectivity index (χ1) is 9.73. The lowest BCUT2D eigenvalue weighted by molar-refractivity contribution is -0.117. The minimum atomic E-state index is -4.65. The minimum Gasteiger partial charge on any atom is -0.396 e. The zero-order valence-electron chi connectivity index (χ0n) is 10.7. The number of amides is 1. The van der Waals surface area contributed by atoms with Gasteiger partial charge in [-0.25, -0.2) is 0 Å². The molecule has 1 aliphatic rings. The maximum atomic E-state index is 12.7. The molecule has 2 rings (SSSR count). The van der Waals surface area contributed by atoms with Gasteiger partial charge in [0.1, 0.15) is 6.07 Å². The van der Waals surface area contributed by atoms with E-state index >= 15 is 0 Å². The molecule has 21 heavy (non-hydrogen) atoms. The van der Waals surface area contributed by atoms with Crippen LogP contribution in [0.5, 0.6) is 0 Å². The Kier molecular flexibility index (Phi) is 4.07. The fourth-order valence-corrected chi connectivity index (χ4v) is 3.33. The van der Waals surface area contributed by atoms with Gasteiger partial charge in [-0.3, -0.25) is 4.79 Å². The molecular weight excluding hydrogens is 321 g/mol. The highest BCUT2D eigenvalue weighted by Gasteiger charge is 2.34. The van der Waals surface area contributed by atoms with Crippen LogP contribution in [0.2, 0.25) is 5.02 Å². The number of carbonyl (C=O) groups is 1. The molecule has 0 saturated carbocycles. The summed E-state index contributed by atoms with van der Waals surface area (Å²) in [6.07, 6.45) is -0.0902. The Bertz CT molecular complexity index is 745. The topological polar surface area (TPSA) is 104 Å². The van der Waals surface area contributed by atoms with Crippen molar-refractivity contribution in [3.8, 4) is 6.07 Å². The van der Waals surface area contributed by atoms with E-state index in [9.17, 15) is 17.1 Å². The molecule has 0 bridgehead atoms. The second-order valence-corrected chi connectivity index (χ2v) is 6.57. The monoisotopic (exact) mass is 331 g/mol. The van der Waals surface area contributed by atoms with Crippen molar-refractivity contribution in [1.82, 2.24) is 0 Å². The van der Waals surface area contributed by atoms with Gasteiger partial charge in [-0.05, 0) is 12.1 Å². The Morgan fingerprint density at radius 3 is 2.76 bits per heavy atom. The highest BCUT2D eigenvalue weighted by molar-refractivity contribution is 7.86. The van der Waals surface area contributed by atoms with Crippen LogP contribution in [0.3, 0.4) is 0 Å². The van der Waals surface area contributed by atoms with E-state index in [1.165, 1.54) is 17.0 Å². The van der Waals surface area contributed by atoms with E-state index in [2.05, 4.69) is 0 Å². The number of rotatable bonds is 3. The summed E-state index contributed by atoms with van der Waals surface area (Å²) in [4.78, 5) is 13.2. The third-order valence-electron chi connectivity index (χ3n) is 3.21. The van der Waals surface area contributed by atoms with E-state index in [-0.39, 0.29) is 40.8 Å². The average molecular weight is 332 g/mol. The molecule has 0 spiro atoms. The lowest BCUT2D eigenvalue weighted by Gasteiger charge is -2.19. The lowest BCUT2D eigenvalue weighted by Crippen LogP contribution is -2.26. The van der Waals surface area contributed by atoms with Crippen LogP contribution in [0.25, 0.3) is 0 Å². The van der Waals surface area contributed by atoms with Gasteiger partial charge in [0.05, 0.1) is 27.7 Å². The predicted molar refractivity (Wildman–Crippen MR) is 75.9 cm³/mol. The number of halogens is 2. The third kappa shape index (κ3) is 3.25. The van der Waals surface area contributed by atoms with Crippen molar-refractivity contribution >= 4 is 39.1 Å². The van der Waals surface area contributed by atoms with Crippen LogP contribution in [0.1, 0.15) is 12.0 Å². The van der Waals surface area contributed by atoms with Gasteiger partial charge < -0.3 is 10.6 Å². The zero-order valence-corrected chi connectivity index (χ0v) is 12.3. The number of nitrogens with zero attached hydrogens (tertiary/aromatic N) is 2. The van der Waals surface area contributed by atoms with Crippen molar-refractivity contribution < 1.29 is 17.1 Å². The maximum absolute atomic E-state index is 12.7. The Hall–Kier alpha value is -1.85. The molecule has 1 aliphatic heterocycles. The van der Waals surface area contributed by atoms with E-state index < -0.39 is 21.9 Å². The standard InChI is InChI=1S/C12H11ClFN3O3S/c13-9-1-2-10(12(16)8(9)4-15)17-5-7(3-11(17)18)6-21(14,19)20/h1-2,7H,3,5-6,16H2. The molecule has 1 aromatic carbocycles. The summed E-state index contributed by atoms with van der Waals surface area (Å²) in [5.74, 6) is -1.73. The second kappa shape index (κ2) is 5.50. The van der Waals surface area contributed by atoms with Crippen molar-refractivity contribution in [3.63, 3.8) is 0 Å². The summed E-state index contributed by atoms with van der Waals surface area (Å²) in [6, 6.07) is 4.74. The predicted octanol–water partition coefficient (Wildman–Crippen LogP) is 1.45. The van der Waals surface area contributed by atoms with Gasteiger partial charge in [0, 0.05) is 18.9 Å². The van der Waals surface area contributed by atoms with Crippen LogP contribution in [-0.4, -0.2) is 26.6 Å². The summed E-state index contributed by atoms with van der Waals surface area (Å²) in [6.45, 7) is 0.0265. The number of carbonyl (C=O) groups excluding carboxylic acids is 1. The molecule has 1 fully saturated rings. The minimum absolute atomic E-state index is 0.0265. The Labute approximate surface area is 126 Å². The second-order valence-electron chi connectivity index (χ2n) is 4.75. The molecule has 1 unspecified atom stereocenters. The smallest absolute Gasteiger partial charge is 0.302 e. The Balaban J connectivity index is 2.32.